The van der Waals surface area contributed by atoms with Crippen LogP contribution in [0.2, 0.25) is 0 Å². The Balaban J connectivity index is 2.12. The number of alkyl halides is 2. The summed E-state index contributed by atoms with van der Waals surface area (Å²) in [4.78, 5) is 31.3. The minimum Gasteiger partial charge on any atom is -0.492 e. The summed E-state index contributed by atoms with van der Waals surface area (Å²) in [7, 11) is -2.63. The molecule has 2 aliphatic carbocycles. The molecule has 2 aliphatic rings. The van der Waals surface area contributed by atoms with Gasteiger partial charge in [-0.3, -0.25) is 18.7 Å². The van der Waals surface area contributed by atoms with Gasteiger partial charge in [-0.2, -0.15) is 8.42 Å². The Hall–Kier alpha value is -2.34. The molecule has 2 atom stereocenters. The third-order valence-electron chi connectivity index (χ3n) is 5.99. The summed E-state index contributed by atoms with van der Waals surface area (Å²) < 4.78 is 40.3. The highest BCUT2D eigenvalue weighted by Crippen LogP contribution is 2.47. The van der Waals surface area contributed by atoms with Crippen molar-refractivity contribution in [2.75, 3.05) is 51.4 Å². The molecule has 36 heavy (non-hydrogen) atoms. The van der Waals surface area contributed by atoms with E-state index in [1.54, 1.807) is 0 Å². The monoisotopic (exact) mass is 560 g/mol. The number of benzene rings is 1. The number of hydrogen-bond acceptors (Lipinski definition) is 9. The molecule has 1 aromatic carbocycles. The molecule has 0 N–H and O–H groups in total. The predicted octanol–water partition coefficient (Wildman–Crippen LogP) is 3.40. The van der Waals surface area contributed by atoms with Gasteiger partial charge in [0.2, 0.25) is 5.78 Å². The number of azide groups is 1. The van der Waals surface area contributed by atoms with Gasteiger partial charge >= 0.3 is 0 Å². The standard InChI is InChI=1S/C22H26Cl2N4O7S/c1-12-20(29)17-13-10-16(35-36(3,31)32)19(26-27-25)18(13)15(11-14(17)21(30)22(12)33-2)34-9-8-28(6-4-23)7-5-24/h11,16,19H,4-10H2,1-3H3. The first-order valence-electron chi connectivity index (χ1n) is 11.0. The molecule has 196 valence electrons. The van der Waals surface area contributed by atoms with Gasteiger partial charge in [0, 0.05) is 65.0 Å². The largest absolute Gasteiger partial charge is 0.492 e. The van der Waals surface area contributed by atoms with E-state index in [1.165, 1.54) is 20.1 Å². The van der Waals surface area contributed by atoms with Crippen LogP contribution in [0.3, 0.4) is 0 Å². The van der Waals surface area contributed by atoms with Crippen LogP contribution in [0, 0.1) is 0 Å². The van der Waals surface area contributed by atoms with E-state index in [0.717, 1.165) is 6.26 Å². The van der Waals surface area contributed by atoms with Gasteiger partial charge in [0.1, 0.15) is 12.4 Å². The number of rotatable bonds is 12. The number of ketones is 2. The first kappa shape index (κ1) is 28.2. The normalized spacial score (nSPS) is 19.3. The number of nitrogens with zero attached hydrogens (tertiary/aromatic N) is 4. The summed E-state index contributed by atoms with van der Waals surface area (Å²) in [6.07, 6.45) is -0.310. The zero-order valence-electron chi connectivity index (χ0n) is 20.0. The highest BCUT2D eigenvalue weighted by Gasteiger charge is 2.44. The molecule has 2 unspecified atom stereocenters. The Morgan fingerprint density at radius 1 is 1.19 bits per heavy atom. The van der Waals surface area contributed by atoms with Crippen LogP contribution in [0.5, 0.6) is 5.75 Å². The lowest BCUT2D eigenvalue weighted by molar-refractivity contribution is 0.0905. The molecule has 0 amide bonds. The second kappa shape index (κ2) is 11.8. The van der Waals surface area contributed by atoms with E-state index in [4.69, 9.17) is 36.9 Å². The maximum Gasteiger partial charge on any atom is 0.264 e. The SMILES string of the molecule is COC1=C(C)C(=O)c2c(cc(OCCN(CCCl)CCCl)c3c2CC(OS(C)(=O)=O)C3N=[N+]=[N-])C1=O. The Kier molecular flexibility index (Phi) is 9.26. The molecule has 1 aromatic rings. The highest BCUT2D eigenvalue weighted by atomic mass is 35.5. The molecule has 0 spiro atoms. The number of hydrogen-bond donors (Lipinski definition) is 0. The molecule has 0 heterocycles. The van der Waals surface area contributed by atoms with Gasteiger partial charge in [-0.05, 0) is 24.1 Å². The first-order chi connectivity index (χ1) is 17.1. The van der Waals surface area contributed by atoms with Crippen molar-refractivity contribution in [3.8, 4) is 5.75 Å². The van der Waals surface area contributed by atoms with Crippen LogP contribution >= 0.6 is 23.2 Å². The average Bonchev–Trinajstić information content (AvgIpc) is 3.14. The number of carbonyl (C=O) groups is 2. The lowest BCUT2D eigenvalue weighted by atomic mass is 9.83. The van der Waals surface area contributed by atoms with Crippen LogP contribution in [0.1, 0.15) is 44.8 Å². The third kappa shape index (κ3) is 5.80. The number of allylic oxidation sites excluding steroid dienone is 2. The number of methoxy groups -OCH3 is 1. The fourth-order valence-electron chi connectivity index (χ4n) is 4.51. The molecule has 3 rings (SSSR count). The van der Waals surface area contributed by atoms with Gasteiger partial charge in [0.25, 0.3) is 10.1 Å². The summed E-state index contributed by atoms with van der Waals surface area (Å²) >= 11 is 11.7. The Labute approximate surface area is 219 Å². The zero-order valence-corrected chi connectivity index (χ0v) is 22.3. The number of Topliss-reactive ketones (excluding diaryl/α,β-unsaturated/α-hetero) is 2. The van der Waals surface area contributed by atoms with Gasteiger partial charge in [0.15, 0.2) is 11.5 Å². The Morgan fingerprint density at radius 2 is 1.86 bits per heavy atom. The maximum absolute atomic E-state index is 13.3. The highest BCUT2D eigenvalue weighted by molar-refractivity contribution is 7.86. The van der Waals surface area contributed by atoms with Crippen LogP contribution in [0.4, 0.5) is 0 Å². The van der Waals surface area contributed by atoms with Crippen molar-refractivity contribution in [1.82, 2.24) is 4.90 Å². The molecule has 0 saturated heterocycles. The van der Waals surface area contributed by atoms with E-state index in [-0.39, 0.29) is 41.2 Å². The Bertz CT molecular complexity index is 1240. The van der Waals surface area contributed by atoms with Gasteiger partial charge in [-0.25, -0.2) is 0 Å². The van der Waals surface area contributed by atoms with E-state index in [2.05, 4.69) is 10.0 Å². The first-order valence-corrected chi connectivity index (χ1v) is 13.9. The minimum absolute atomic E-state index is 0.0641. The van der Waals surface area contributed by atoms with Crippen LogP contribution in [0.15, 0.2) is 22.5 Å². The number of ether oxygens (including phenoxy) is 2. The predicted molar refractivity (Wildman–Crippen MR) is 133 cm³/mol. The molecule has 11 nitrogen and oxygen atoms in total. The topological polar surface area (TPSA) is 148 Å². The van der Waals surface area contributed by atoms with Crippen molar-refractivity contribution in [3.05, 3.63) is 50.1 Å². The van der Waals surface area contributed by atoms with Crippen molar-refractivity contribution in [2.45, 2.75) is 25.5 Å². The van der Waals surface area contributed by atoms with Crippen LogP contribution < -0.4 is 4.74 Å². The molecular weight excluding hydrogens is 535 g/mol. The zero-order chi connectivity index (χ0) is 26.6. The quantitative estimate of drug-likeness (QED) is 0.124. The minimum atomic E-state index is -3.94. The fourth-order valence-corrected chi connectivity index (χ4v) is 5.61. The lowest BCUT2D eigenvalue weighted by Gasteiger charge is -2.24. The number of halogens is 2. The van der Waals surface area contributed by atoms with Crippen LogP contribution in [0.25, 0.3) is 10.4 Å². The van der Waals surface area contributed by atoms with Crippen molar-refractivity contribution in [2.24, 2.45) is 5.11 Å². The number of carbonyl (C=O) groups excluding carboxylic acids is 2. The second-order valence-electron chi connectivity index (χ2n) is 8.27. The fraction of sp³-hybridized carbons (Fsp3) is 0.545. The van der Waals surface area contributed by atoms with Crippen molar-refractivity contribution in [3.63, 3.8) is 0 Å². The summed E-state index contributed by atoms with van der Waals surface area (Å²) in [6.45, 7) is 3.26. The van der Waals surface area contributed by atoms with Crippen LogP contribution in [-0.2, 0) is 25.5 Å². The van der Waals surface area contributed by atoms with Crippen molar-refractivity contribution < 1.29 is 31.7 Å². The summed E-state index contributed by atoms with van der Waals surface area (Å²) in [5.74, 6) is -0.0424. The van der Waals surface area contributed by atoms with Crippen molar-refractivity contribution in [1.29, 1.82) is 0 Å². The van der Waals surface area contributed by atoms with Crippen LogP contribution in [-0.4, -0.2) is 82.4 Å². The summed E-state index contributed by atoms with van der Waals surface area (Å²) in [6, 6.07) is 0.313. The smallest absolute Gasteiger partial charge is 0.264 e. The molecule has 0 fully saturated rings. The summed E-state index contributed by atoms with van der Waals surface area (Å²) in [5, 5.41) is 3.77. The molecule has 0 aromatic heterocycles. The molecule has 0 bridgehead atoms. The lowest BCUT2D eigenvalue weighted by Crippen LogP contribution is -2.32. The van der Waals surface area contributed by atoms with Gasteiger partial charge in [0.05, 0.1) is 25.5 Å². The van der Waals surface area contributed by atoms with Gasteiger partial charge < -0.3 is 9.47 Å². The van der Waals surface area contributed by atoms with E-state index in [9.17, 15) is 23.5 Å². The van der Waals surface area contributed by atoms with Gasteiger partial charge in [-0.15, -0.1) is 23.2 Å². The average molecular weight is 561 g/mol. The molecular formula is C22H26Cl2N4O7S. The Morgan fingerprint density at radius 3 is 2.42 bits per heavy atom. The number of fused-ring (bicyclic) bond motifs is 3. The molecule has 0 saturated carbocycles. The molecule has 0 aliphatic heterocycles. The maximum atomic E-state index is 13.3. The van der Waals surface area contributed by atoms with Crippen molar-refractivity contribution >= 4 is 44.9 Å². The summed E-state index contributed by atoms with van der Waals surface area (Å²) in [5.41, 5.74) is 10.2. The second-order valence-corrected chi connectivity index (χ2v) is 10.6. The van der Waals surface area contributed by atoms with E-state index < -0.39 is 33.8 Å². The van der Waals surface area contributed by atoms with Gasteiger partial charge in [-0.1, -0.05) is 5.11 Å². The molecule has 14 heteroatoms. The van der Waals surface area contributed by atoms with E-state index in [0.29, 0.717) is 42.5 Å². The van der Waals surface area contributed by atoms with E-state index in [1.807, 2.05) is 4.90 Å². The third-order valence-corrected chi connectivity index (χ3v) is 6.93. The molecule has 0 radical (unpaired) electrons. The van der Waals surface area contributed by atoms with E-state index >= 15 is 0 Å².